The second kappa shape index (κ2) is 7.47. The van der Waals surface area contributed by atoms with E-state index in [1.54, 1.807) is 42.5 Å². The number of fused-ring (bicyclic) bond motifs is 2. The maximum atomic E-state index is 13.0. The van der Waals surface area contributed by atoms with Crippen LogP contribution in [0.25, 0.3) is 0 Å². The molecule has 6 heteroatoms. The Morgan fingerprint density at radius 3 is 2.32 bits per heavy atom. The maximum absolute atomic E-state index is 13.0. The molecule has 0 radical (unpaired) electrons. The summed E-state index contributed by atoms with van der Waals surface area (Å²) in [4.78, 5) is 25.9. The Hall–Kier alpha value is -2.54. The molecule has 1 saturated heterocycles. The van der Waals surface area contributed by atoms with Crippen molar-refractivity contribution in [1.29, 1.82) is 0 Å². The average molecular weight is 381 g/mol. The molecule has 1 fully saturated rings. The fraction of sp³-hybridized carbons (Fsp3) is 0.364. The van der Waals surface area contributed by atoms with Crippen LogP contribution < -0.4 is 5.06 Å². The number of hydrogen-bond acceptors (Lipinski definition) is 5. The molecule has 0 bridgehead atoms. The van der Waals surface area contributed by atoms with Gasteiger partial charge in [0.05, 0.1) is 44.6 Å². The zero-order chi connectivity index (χ0) is 19.7. The number of anilines is 1. The van der Waals surface area contributed by atoms with E-state index in [-0.39, 0.29) is 11.6 Å². The number of carbonyl (C=O) groups excluding carboxylic acids is 2. The minimum Gasteiger partial charge on any atom is -0.370 e. The third-order valence-corrected chi connectivity index (χ3v) is 5.83. The number of hydrogen-bond donors (Lipinski definition) is 1. The Balaban J connectivity index is 1.54. The van der Waals surface area contributed by atoms with Crippen molar-refractivity contribution in [2.75, 3.05) is 51.5 Å². The maximum Gasteiger partial charge on any atom is 0.196 e. The number of rotatable bonds is 5. The van der Waals surface area contributed by atoms with Crippen molar-refractivity contribution in [3.05, 3.63) is 64.7 Å². The van der Waals surface area contributed by atoms with E-state index < -0.39 is 0 Å². The predicted molar refractivity (Wildman–Crippen MR) is 105 cm³/mol. The quantitative estimate of drug-likeness (QED) is 0.543. The number of ketones is 2. The highest BCUT2D eigenvalue weighted by Gasteiger charge is 2.32. The topological polar surface area (TPSA) is 66.8 Å². The smallest absolute Gasteiger partial charge is 0.196 e. The van der Waals surface area contributed by atoms with Crippen molar-refractivity contribution in [2.24, 2.45) is 0 Å². The first-order chi connectivity index (χ1) is 13.5. The normalized spacial score (nSPS) is 17.8. The van der Waals surface area contributed by atoms with Crippen molar-refractivity contribution in [3.8, 4) is 0 Å². The van der Waals surface area contributed by atoms with Crippen LogP contribution in [0.4, 0.5) is 5.69 Å². The van der Waals surface area contributed by atoms with E-state index >= 15 is 0 Å². The summed E-state index contributed by atoms with van der Waals surface area (Å²) in [6.07, 6.45) is 0.773. The molecule has 1 aliphatic heterocycles. The van der Waals surface area contributed by atoms with Crippen molar-refractivity contribution < 1.29 is 24.0 Å². The Bertz CT molecular complexity index is 919. The lowest BCUT2D eigenvalue weighted by molar-refractivity contribution is -0.916. The standard InChI is InChI=1S/C22H25N2O4/c1-24(12-14-28-15-13-24)11-5-10-23(27)19-9-4-8-18-20(19)22(26)17-7-3-2-6-16(17)21(18)25/h2-4,6-9,27H,5,10-15H2,1H3/q+1. The second-order valence-electron chi connectivity index (χ2n) is 7.78. The monoisotopic (exact) mass is 381 g/mol. The molecule has 1 heterocycles. The van der Waals surface area contributed by atoms with E-state index in [1.807, 2.05) is 0 Å². The lowest BCUT2D eigenvalue weighted by Gasteiger charge is -2.38. The second-order valence-corrected chi connectivity index (χ2v) is 7.78. The lowest BCUT2D eigenvalue weighted by Crippen LogP contribution is -2.52. The van der Waals surface area contributed by atoms with E-state index in [4.69, 9.17) is 4.74 Å². The first-order valence-corrected chi connectivity index (χ1v) is 9.69. The van der Waals surface area contributed by atoms with Gasteiger partial charge < -0.3 is 9.22 Å². The summed E-state index contributed by atoms with van der Waals surface area (Å²) in [6.45, 7) is 4.79. The first kappa shape index (κ1) is 18.8. The number of morpholine rings is 1. The van der Waals surface area contributed by atoms with Gasteiger partial charge in [-0.25, -0.2) is 0 Å². The number of benzene rings is 2. The molecule has 28 heavy (non-hydrogen) atoms. The van der Waals surface area contributed by atoms with Crippen LogP contribution in [-0.2, 0) is 4.74 Å². The van der Waals surface area contributed by atoms with Crippen molar-refractivity contribution in [1.82, 2.24) is 0 Å². The highest BCUT2D eigenvalue weighted by molar-refractivity contribution is 6.30. The molecule has 0 atom stereocenters. The van der Waals surface area contributed by atoms with Gasteiger partial charge in [0.2, 0.25) is 0 Å². The third-order valence-electron chi connectivity index (χ3n) is 5.83. The summed E-state index contributed by atoms with van der Waals surface area (Å²) < 4.78 is 6.35. The first-order valence-electron chi connectivity index (χ1n) is 9.69. The van der Waals surface area contributed by atoms with Gasteiger partial charge in [-0.1, -0.05) is 36.4 Å². The van der Waals surface area contributed by atoms with E-state index in [9.17, 15) is 14.8 Å². The fourth-order valence-electron chi connectivity index (χ4n) is 4.07. The summed E-state index contributed by atoms with van der Waals surface area (Å²) in [5.74, 6) is -0.390. The molecule has 0 unspecified atom stereocenters. The van der Waals surface area contributed by atoms with Gasteiger partial charge in [-0.05, 0) is 6.07 Å². The molecule has 1 aliphatic carbocycles. The van der Waals surface area contributed by atoms with Crippen LogP contribution in [0.5, 0.6) is 0 Å². The van der Waals surface area contributed by atoms with Crippen LogP contribution in [0.3, 0.4) is 0 Å². The van der Waals surface area contributed by atoms with E-state index in [2.05, 4.69) is 7.05 Å². The molecular weight excluding hydrogens is 356 g/mol. The minimum absolute atomic E-state index is 0.174. The van der Waals surface area contributed by atoms with Gasteiger partial charge in [0.15, 0.2) is 11.6 Å². The van der Waals surface area contributed by atoms with E-state index in [0.29, 0.717) is 34.5 Å². The van der Waals surface area contributed by atoms with Crippen LogP contribution in [-0.4, -0.2) is 67.7 Å². The summed E-state index contributed by atoms with van der Waals surface area (Å²) >= 11 is 0. The van der Waals surface area contributed by atoms with Gasteiger partial charge in [-0.2, -0.15) is 0 Å². The van der Waals surface area contributed by atoms with Crippen LogP contribution in [0.2, 0.25) is 0 Å². The minimum atomic E-state index is -0.216. The van der Waals surface area contributed by atoms with Crippen LogP contribution in [0.1, 0.15) is 38.3 Å². The lowest BCUT2D eigenvalue weighted by atomic mass is 9.83. The van der Waals surface area contributed by atoms with Crippen LogP contribution in [0.15, 0.2) is 42.5 Å². The molecule has 0 amide bonds. The summed E-state index contributed by atoms with van der Waals surface area (Å²) in [5, 5.41) is 11.8. The summed E-state index contributed by atoms with van der Waals surface area (Å²) in [7, 11) is 2.20. The summed E-state index contributed by atoms with van der Waals surface area (Å²) in [5.41, 5.74) is 1.86. The van der Waals surface area contributed by atoms with E-state index in [1.165, 1.54) is 0 Å². The Morgan fingerprint density at radius 2 is 1.61 bits per heavy atom. The molecule has 1 N–H and O–H groups in total. The number of ether oxygens (including phenoxy) is 1. The molecule has 2 aliphatic rings. The SMILES string of the molecule is C[N+]1(CCCN(O)c2cccc3c2C(=O)c2ccccc2C3=O)CCOCC1. The number of likely N-dealkylation sites (N-methyl/N-ethyl adjacent to an activating group) is 1. The molecule has 6 nitrogen and oxygen atoms in total. The molecule has 146 valence electrons. The number of carbonyl (C=O) groups is 2. The largest absolute Gasteiger partial charge is 0.370 e. The van der Waals surface area contributed by atoms with Gasteiger partial charge in [-0.15, -0.1) is 0 Å². The fourth-order valence-corrected chi connectivity index (χ4v) is 4.07. The predicted octanol–water partition coefficient (Wildman–Crippen LogP) is 2.52. The van der Waals surface area contributed by atoms with Crippen LogP contribution >= 0.6 is 0 Å². The molecule has 4 rings (SSSR count). The molecule has 2 aromatic rings. The van der Waals surface area contributed by atoms with Gasteiger partial charge >= 0.3 is 0 Å². The Labute approximate surface area is 164 Å². The van der Waals surface area contributed by atoms with E-state index in [0.717, 1.165) is 48.8 Å². The zero-order valence-corrected chi connectivity index (χ0v) is 16.1. The average Bonchev–Trinajstić information content (AvgIpc) is 2.72. The molecular formula is C22H25N2O4+. The summed E-state index contributed by atoms with van der Waals surface area (Å²) in [6, 6.07) is 11.9. The Kier molecular flexibility index (Phi) is 5.02. The van der Waals surface area contributed by atoms with Crippen molar-refractivity contribution >= 4 is 17.3 Å². The van der Waals surface area contributed by atoms with Gasteiger partial charge in [-0.3, -0.25) is 19.9 Å². The highest BCUT2D eigenvalue weighted by atomic mass is 16.5. The number of hydroxylamine groups is 1. The Morgan fingerprint density at radius 1 is 0.964 bits per heavy atom. The highest BCUT2D eigenvalue weighted by Crippen LogP contribution is 2.33. The number of quaternary nitrogens is 1. The number of nitrogens with zero attached hydrogens (tertiary/aromatic N) is 2. The van der Waals surface area contributed by atoms with Gasteiger partial charge in [0.25, 0.3) is 0 Å². The van der Waals surface area contributed by atoms with Crippen molar-refractivity contribution in [2.45, 2.75) is 6.42 Å². The van der Waals surface area contributed by atoms with Crippen molar-refractivity contribution in [3.63, 3.8) is 0 Å². The van der Waals surface area contributed by atoms with Gasteiger partial charge in [0, 0.05) is 23.1 Å². The van der Waals surface area contributed by atoms with Gasteiger partial charge in [0.1, 0.15) is 13.1 Å². The molecule has 2 aromatic carbocycles. The molecule has 0 aromatic heterocycles. The molecule has 0 spiro atoms. The third kappa shape index (κ3) is 3.35. The molecule has 0 saturated carbocycles. The zero-order valence-electron chi connectivity index (χ0n) is 16.1. The van der Waals surface area contributed by atoms with Crippen LogP contribution in [0, 0.1) is 0 Å².